The van der Waals surface area contributed by atoms with Crippen LogP contribution in [0.4, 0.5) is 0 Å². The summed E-state index contributed by atoms with van der Waals surface area (Å²) in [6, 6.07) is 14.9. The molecule has 2 aromatic heterocycles. The summed E-state index contributed by atoms with van der Waals surface area (Å²) in [5.74, 6) is 0.403. The summed E-state index contributed by atoms with van der Waals surface area (Å²) in [6.45, 7) is 4.25. The molecule has 0 atom stereocenters. The number of pyridine rings is 1. The Hall–Kier alpha value is -4.40. The standard InChI is InChI=1S/C26H27N5O4/c1-15(2)35-19-7-5-6-16(10-19)13-28-24(32)21-11-18(14-29-26(21)34-4)17-8-9-20-22(12-17)30-31-23(20)25(33)27-3/h5-12,14-15H,13H2,1-4H3,(H,27,33)(H,28,32)(H,30,31). The van der Waals surface area contributed by atoms with E-state index in [9.17, 15) is 9.59 Å². The minimum atomic E-state index is -0.309. The lowest BCUT2D eigenvalue weighted by molar-refractivity contribution is 0.0943. The quantitative estimate of drug-likeness (QED) is 0.359. The molecule has 9 nitrogen and oxygen atoms in total. The number of aromatic amines is 1. The van der Waals surface area contributed by atoms with E-state index in [0.717, 1.165) is 22.4 Å². The van der Waals surface area contributed by atoms with Gasteiger partial charge in [0.25, 0.3) is 11.8 Å². The maximum absolute atomic E-state index is 13.0. The number of fused-ring (bicyclic) bond motifs is 1. The molecule has 0 spiro atoms. The van der Waals surface area contributed by atoms with Gasteiger partial charge in [0.05, 0.1) is 18.7 Å². The maximum atomic E-state index is 13.0. The highest BCUT2D eigenvalue weighted by molar-refractivity contribution is 6.05. The number of H-pyrrole nitrogens is 1. The Balaban J connectivity index is 1.57. The number of ether oxygens (including phenoxy) is 2. The lowest BCUT2D eigenvalue weighted by atomic mass is 10.0. The molecule has 35 heavy (non-hydrogen) atoms. The van der Waals surface area contributed by atoms with Crippen molar-refractivity contribution in [3.8, 4) is 22.8 Å². The van der Waals surface area contributed by atoms with Gasteiger partial charge >= 0.3 is 0 Å². The van der Waals surface area contributed by atoms with Crippen LogP contribution in [-0.2, 0) is 6.54 Å². The van der Waals surface area contributed by atoms with Crippen LogP contribution < -0.4 is 20.1 Å². The van der Waals surface area contributed by atoms with Gasteiger partial charge in [-0.25, -0.2) is 4.98 Å². The van der Waals surface area contributed by atoms with Gasteiger partial charge in [-0.05, 0) is 55.3 Å². The van der Waals surface area contributed by atoms with E-state index in [4.69, 9.17) is 9.47 Å². The smallest absolute Gasteiger partial charge is 0.272 e. The zero-order valence-electron chi connectivity index (χ0n) is 20.0. The van der Waals surface area contributed by atoms with Crippen molar-refractivity contribution in [1.82, 2.24) is 25.8 Å². The van der Waals surface area contributed by atoms with E-state index in [1.165, 1.54) is 7.11 Å². The topological polar surface area (TPSA) is 118 Å². The fourth-order valence-corrected chi connectivity index (χ4v) is 3.70. The Morgan fingerprint density at radius 3 is 2.63 bits per heavy atom. The first-order valence-electron chi connectivity index (χ1n) is 11.2. The molecule has 0 unspecified atom stereocenters. The third-order valence-electron chi connectivity index (χ3n) is 5.35. The average molecular weight is 474 g/mol. The fourth-order valence-electron chi connectivity index (χ4n) is 3.70. The fraction of sp³-hybridized carbons (Fsp3) is 0.231. The van der Waals surface area contributed by atoms with Crippen LogP contribution in [0.5, 0.6) is 11.6 Å². The predicted molar refractivity (Wildman–Crippen MR) is 133 cm³/mol. The maximum Gasteiger partial charge on any atom is 0.272 e. The van der Waals surface area contributed by atoms with E-state index in [1.807, 2.05) is 56.3 Å². The van der Waals surface area contributed by atoms with Crippen LogP contribution >= 0.6 is 0 Å². The van der Waals surface area contributed by atoms with E-state index in [-0.39, 0.29) is 23.8 Å². The molecule has 0 aliphatic rings. The van der Waals surface area contributed by atoms with Crippen molar-refractivity contribution in [1.29, 1.82) is 0 Å². The zero-order valence-corrected chi connectivity index (χ0v) is 20.0. The molecule has 2 aromatic carbocycles. The van der Waals surface area contributed by atoms with Gasteiger partial charge < -0.3 is 20.1 Å². The van der Waals surface area contributed by atoms with E-state index in [0.29, 0.717) is 28.7 Å². The minimum Gasteiger partial charge on any atom is -0.491 e. The number of amides is 2. The molecule has 0 saturated heterocycles. The van der Waals surface area contributed by atoms with E-state index < -0.39 is 0 Å². The Kier molecular flexibility index (Phi) is 6.96. The Morgan fingerprint density at radius 2 is 1.89 bits per heavy atom. The number of rotatable bonds is 8. The molecular weight excluding hydrogens is 446 g/mol. The molecule has 3 N–H and O–H groups in total. The van der Waals surface area contributed by atoms with Crippen LogP contribution in [-0.4, -0.2) is 47.3 Å². The summed E-state index contributed by atoms with van der Waals surface area (Å²) in [4.78, 5) is 29.4. The molecule has 0 fully saturated rings. The van der Waals surface area contributed by atoms with Crippen LogP contribution in [0.15, 0.2) is 54.7 Å². The highest BCUT2D eigenvalue weighted by atomic mass is 16.5. The Bertz CT molecular complexity index is 1380. The summed E-state index contributed by atoms with van der Waals surface area (Å²) in [5, 5.41) is 13.2. The normalized spacial score (nSPS) is 10.9. The van der Waals surface area contributed by atoms with Gasteiger partial charge in [-0.2, -0.15) is 5.10 Å². The monoisotopic (exact) mass is 473 g/mol. The number of hydrogen-bond acceptors (Lipinski definition) is 6. The molecule has 0 saturated carbocycles. The van der Waals surface area contributed by atoms with E-state index in [1.54, 1.807) is 19.3 Å². The molecule has 0 bridgehead atoms. The summed E-state index contributed by atoms with van der Waals surface area (Å²) < 4.78 is 11.1. The van der Waals surface area contributed by atoms with Gasteiger partial charge in [-0.1, -0.05) is 18.2 Å². The van der Waals surface area contributed by atoms with Gasteiger partial charge in [0.2, 0.25) is 5.88 Å². The number of carbonyl (C=O) groups excluding carboxylic acids is 2. The van der Waals surface area contributed by atoms with Crippen molar-refractivity contribution in [3.05, 3.63) is 71.5 Å². The second kappa shape index (κ2) is 10.3. The molecule has 0 aliphatic heterocycles. The molecule has 180 valence electrons. The second-order valence-corrected chi connectivity index (χ2v) is 8.19. The van der Waals surface area contributed by atoms with Gasteiger partial charge in [-0.3, -0.25) is 14.7 Å². The average Bonchev–Trinajstić information content (AvgIpc) is 3.29. The van der Waals surface area contributed by atoms with Gasteiger partial charge in [0.1, 0.15) is 11.3 Å². The first-order valence-corrected chi connectivity index (χ1v) is 11.2. The first kappa shape index (κ1) is 23.7. The molecule has 0 aliphatic carbocycles. The minimum absolute atomic E-state index is 0.0642. The molecular formula is C26H27N5O4. The number of carbonyl (C=O) groups is 2. The lowest BCUT2D eigenvalue weighted by Crippen LogP contribution is -2.23. The van der Waals surface area contributed by atoms with Gasteiger partial charge in [-0.15, -0.1) is 0 Å². The number of aromatic nitrogens is 3. The number of nitrogens with zero attached hydrogens (tertiary/aromatic N) is 2. The third kappa shape index (κ3) is 5.24. The van der Waals surface area contributed by atoms with Crippen LogP contribution in [0.25, 0.3) is 22.0 Å². The van der Waals surface area contributed by atoms with Crippen LogP contribution in [0.2, 0.25) is 0 Å². The van der Waals surface area contributed by atoms with Crippen LogP contribution in [0.1, 0.15) is 40.3 Å². The molecule has 0 radical (unpaired) electrons. The van der Waals surface area contributed by atoms with Crippen molar-refractivity contribution < 1.29 is 19.1 Å². The van der Waals surface area contributed by atoms with Gasteiger partial charge in [0.15, 0.2) is 5.69 Å². The molecule has 9 heteroatoms. The molecule has 4 rings (SSSR count). The Labute approximate surface area is 202 Å². The number of methoxy groups -OCH3 is 1. The molecule has 2 amide bonds. The summed E-state index contributed by atoms with van der Waals surface area (Å²) >= 11 is 0. The highest BCUT2D eigenvalue weighted by Gasteiger charge is 2.17. The van der Waals surface area contributed by atoms with E-state index >= 15 is 0 Å². The van der Waals surface area contributed by atoms with Gasteiger partial charge in [0, 0.05) is 30.7 Å². The highest BCUT2D eigenvalue weighted by Crippen LogP contribution is 2.28. The molecule has 2 heterocycles. The number of nitrogens with one attached hydrogen (secondary N) is 3. The molecule has 4 aromatic rings. The second-order valence-electron chi connectivity index (χ2n) is 8.19. The van der Waals surface area contributed by atoms with E-state index in [2.05, 4.69) is 25.8 Å². The predicted octanol–water partition coefficient (Wildman–Crippen LogP) is 3.71. The summed E-state index contributed by atoms with van der Waals surface area (Å²) in [5.41, 5.74) is 3.79. The zero-order chi connectivity index (χ0) is 24.9. The van der Waals surface area contributed by atoms with Crippen molar-refractivity contribution in [3.63, 3.8) is 0 Å². The van der Waals surface area contributed by atoms with Crippen LogP contribution in [0, 0.1) is 0 Å². The third-order valence-corrected chi connectivity index (χ3v) is 5.35. The number of benzene rings is 2. The first-order chi connectivity index (χ1) is 16.9. The summed E-state index contributed by atoms with van der Waals surface area (Å²) in [6.07, 6.45) is 1.70. The van der Waals surface area contributed by atoms with Crippen LogP contribution in [0.3, 0.4) is 0 Å². The van der Waals surface area contributed by atoms with Crippen molar-refractivity contribution in [2.75, 3.05) is 14.2 Å². The summed E-state index contributed by atoms with van der Waals surface area (Å²) in [7, 11) is 3.03. The van der Waals surface area contributed by atoms with Crippen molar-refractivity contribution >= 4 is 22.7 Å². The SMILES string of the molecule is CNC(=O)c1n[nH]c2cc(-c3cnc(OC)c(C(=O)NCc4cccc(OC(C)C)c4)c3)ccc12. The Morgan fingerprint density at radius 1 is 1.06 bits per heavy atom. The van der Waals surface area contributed by atoms with Crippen molar-refractivity contribution in [2.24, 2.45) is 0 Å². The number of hydrogen-bond donors (Lipinski definition) is 3. The van der Waals surface area contributed by atoms with Crippen molar-refractivity contribution in [2.45, 2.75) is 26.5 Å². The largest absolute Gasteiger partial charge is 0.491 e. The lowest BCUT2D eigenvalue weighted by Gasteiger charge is -2.13.